The van der Waals surface area contributed by atoms with Crippen LogP contribution in [0.2, 0.25) is 0 Å². The first-order chi connectivity index (χ1) is 23.7. The smallest absolute Gasteiger partial charge is 0.338 e. The van der Waals surface area contributed by atoms with Crippen LogP contribution in [0.25, 0.3) is 32.7 Å². The number of benzene rings is 3. The zero-order valence-electron chi connectivity index (χ0n) is 27.4. The maximum Gasteiger partial charge on any atom is 0.338 e. The summed E-state index contributed by atoms with van der Waals surface area (Å²) in [5.74, 6) is -1.29. The van der Waals surface area contributed by atoms with Gasteiger partial charge in [-0.1, -0.05) is 60.3 Å². The number of thioether (sulfide) groups is 1. The summed E-state index contributed by atoms with van der Waals surface area (Å²) in [6.45, 7) is 7.43. The first-order valence-corrected chi connectivity index (χ1v) is 17.6. The largest absolute Gasteiger partial charge is 0.462 e. The molecule has 6 rings (SSSR count). The number of hydrogen-bond donors (Lipinski definition) is 0. The Balaban J connectivity index is 1.36. The predicted molar refractivity (Wildman–Crippen MR) is 193 cm³/mol. The summed E-state index contributed by atoms with van der Waals surface area (Å²) in [5.41, 5.74) is 4.95. The number of carbonyl (C=O) groups is 3. The highest BCUT2D eigenvalue weighted by molar-refractivity contribution is 7.99. The van der Waals surface area contributed by atoms with Gasteiger partial charge in [0.2, 0.25) is 0 Å². The molecule has 0 N–H and O–H groups in total. The molecule has 6 aromatic rings. The van der Waals surface area contributed by atoms with E-state index < -0.39 is 11.9 Å². The SMILES string of the molecule is CCOC(=O)c1cc(C(=O)OCC)cc(-n2c(C)cc(C(=O)CSc3nc4scc(-c5ccccc5)c4c(=O)n3-c3ccccc3)c2C)c1. The van der Waals surface area contributed by atoms with E-state index in [1.807, 2.05) is 84.5 Å². The van der Waals surface area contributed by atoms with Gasteiger partial charge in [-0.15, -0.1) is 11.3 Å². The first kappa shape index (κ1) is 33.6. The second-order valence-corrected chi connectivity index (χ2v) is 12.9. The van der Waals surface area contributed by atoms with Gasteiger partial charge in [-0.2, -0.15) is 0 Å². The Morgan fingerprint density at radius 2 is 1.41 bits per heavy atom. The molecule has 49 heavy (non-hydrogen) atoms. The number of aromatic nitrogens is 3. The molecule has 0 saturated heterocycles. The monoisotopic (exact) mass is 691 g/mol. The zero-order valence-corrected chi connectivity index (χ0v) is 29.0. The van der Waals surface area contributed by atoms with Crippen LogP contribution in [0.4, 0.5) is 0 Å². The molecule has 0 radical (unpaired) electrons. The van der Waals surface area contributed by atoms with Crippen LogP contribution in [0.5, 0.6) is 0 Å². The molecule has 3 aromatic carbocycles. The third-order valence-electron chi connectivity index (χ3n) is 7.94. The molecule has 0 aliphatic carbocycles. The third kappa shape index (κ3) is 6.72. The molecular formula is C38H33N3O6S2. The fraction of sp³-hybridized carbons (Fsp3) is 0.184. The van der Waals surface area contributed by atoms with Crippen LogP contribution in [0.3, 0.4) is 0 Å². The van der Waals surface area contributed by atoms with E-state index in [0.29, 0.717) is 38.0 Å². The van der Waals surface area contributed by atoms with E-state index in [4.69, 9.17) is 14.5 Å². The van der Waals surface area contributed by atoms with Crippen LogP contribution in [-0.4, -0.2) is 50.8 Å². The van der Waals surface area contributed by atoms with E-state index >= 15 is 0 Å². The fourth-order valence-corrected chi connectivity index (χ4v) is 7.64. The zero-order chi connectivity index (χ0) is 34.7. The second-order valence-electron chi connectivity index (χ2n) is 11.1. The number of ether oxygens (including phenoxy) is 2. The highest BCUT2D eigenvalue weighted by Gasteiger charge is 2.23. The van der Waals surface area contributed by atoms with Gasteiger partial charge in [-0.25, -0.2) is 14.6 Å². The minimum Gasteiger partial charge on any atom is -0.462 e. The van der Waals surface area contributed by atoms with Crippen molar-refractivity contribution >= 4 is 51.0 Å². The van der Waals surface area contributed by atoms with Crippen LogP contribution in [0, 0.1) is 13.8 Å². The number of nitrogens with zero attached hydrogens (tertiary/aromatic N) is 3. The van der Waals surface area contributed by atoms with Gasteiger partial charge in [0.1, 0.15) is 4.83 Å². The first-order valence-electron chi connectivity index (χ1n) is 15.7. The van der Waals surface area contributed by atoms with E-state index in [0.717, 1.165) is 16.8 Å². The minimum atomic E-state index is -0.569. The quantitative estimate of drug-likeness (QED) is 0.0585. The Morgan fingerprint density at radius 1 is 0.796 bits per heavy atom. The molecule has 0 bridgehead atoms. The summed E-state index contributed by atoms with van der Waals surface area (Å²) < 4.78 is 13.8. The maximum atomic E-state index is 14.2. The van der Waals surface area contributed by atoms with Crippen LogP contribution >= 0.6 is 23.1 Å². The van der Waals surface area contributed by atoms with Crippen molar-refractivity contribution in [2.24, 2.45) is 0 Å². The minimum absolute atomic E-state index is 0.0168. The van der Waals surface area contributed by atoms with Crippen LogP contribution < -0.4 is 5.56 Å². The molecule has 0 aliphatic rings. The Kier molecular flexibility index (Phi) is 9.93. The van der Waals surface area contributed by atoms with Gasteiger partial charge >= 0.3 is 11.9 Å². The van der Waals surface area contributed by atoms with Crippen molar-refractivity contribution in [2.45, 2.75) is 32.9 Å². The van der Waals surface area contributed by atoms with Gasteiger partial charge in [0.15, 0.2) is 10.9 Å². The van der Waals surface area contributed by atoms with Gasteiger partial charge in [-0.3, -0.25) is 14.2 Å². The standard InChI is InChI=1S/C38H33N3O6S2/c1-5-46-36(44)26-18-27(37(45)47-6-2)20-29(19-26)40-23(3)17-30(24(40)4)32(42)22-49-38-39-34-33(31(21-48-34)25-13-9-7-10-14-25)35(43)41(38)28-15-11-8-12-16-28/h7-21H,5-6,22H2,1-4H3. The highest BCUT2D eigenvalue weighted by Crippen LogP contribution is 2.33. The number of fused-ring (bicyclic) bond motifs is 1. The van der Waals surface area contributed by atoms with E-state index in [1.54, 1.807) is 36.6 Å². The number of rotatable bonds is 11. The molecule has 0 unspecified atom stereocenters. The van der Waals surface area contributed by atoms with Crippen molar-refractivity contribution in [3.8, 4) is 22.5 Å². The molecule has 0 aliphatic heterocycles. The fourth-order valence-electron chi connectivity index (χ4n) is 5.76. The lowest BCUT2D eigenvalue weighted by atomic mass is 10.1. The molecule has 0 saturated carbocycles. The second kappa shape index (κ2) is 14.5. The van der Waals surface area contributed by atoms with Crippen molar-refractivity contribution in [3.63, 3.8) is 0 Å². The summed E-state index contributed by atoms with van der Waals surface area (Å²) in [5, 5.41) is 2.89. The van der Waals surface area contributed by atoms with Crippen LogP contribution in [-0.2, 0) is 9.47 Å². The van der Waals surface area contributed by atoms with Crippen LogP contribution in [0.15, 0.2) is 100 Å². The average Bonchev–Trinajstić information content (AvgIpc) is 3.68. The van der Waals surface area contributed by atoms with E-state index in [-0.39, 0.29) is 41.4 Å². The van der Waals surface area contributed by atoms with E-state index in [1.165, 1.54) is 29.2 Å². The summed E-state index contributed by atoms with van der Waals surface area (Å²) in [4.78, 5) is 58.9. The summed E-state index contributed by atoms with van der Waals surface area (Å²) in [6.07, 6.45) is 0. The molecule has 11 heteroatoms. The lowest BCUT2D eigenvalue weighted by molar-refractivity contribution is 0.0525. The average molecular weight is 692 g/mol. The number of hydrogen-bond acceptors (Lipinski definition) is 9. The highest BCUT2D eigenvalue weighted by atomic mass is 32.2. The molecule has 3 aromatic heterocycles. The lowest BCUT2D eigenvalue weighted by Crippen LogP contribution is -2.22. The molecule has 0 spiro atoms. The van der Waals surface area contributed by atoms with Crippen molar-refractivity contribution < 1.29 is 23.9 Å². The summed E-state index contributed by atoms with van der Waals surface area (Å²) in [7, 11) is 0. The van der Waals surface area contributed by atoms with Crippen molar-refractivity contribution in [1.82, 2.24) is 14.1 Å². The molecule has 0 fully saturated rings. The Morgan fingerprint density at radius 3 is 2.02 bits per heavy atom. The number of thiophene rings is 1. The number of para-hydroxylation sites is 1. The third-order valence-corrected chi connectivity index (χ3v) is 9.75. The van der Waals surface area contributed by atoms with Crippen molar-refractivity contribution in [2.75, 3.05) is 19.0 Å². The Bertz CT molecular complexity index is 2220. The van der Waals surface area contributed by atoms with Gasteiger partial charge in [0.25, 0.3) is 5.56 Å². The van der Waals surface area contributed by atoms with E-state index in [2.05, 4.69) is 0 Å². The van der Waals surface area contributed by atoms with Gasteiger partial charge in [0.05, 0.1) is 41.2 Å². The molecule has 9 nitrogen and oxygen atoms in total. The number of aryl methyl sites for hydroxylation is 1. The molecule has 3 heterocycles. The molecular weight excluding hydrogens is 659 g/mol. The predicted octanol–water partition coefficient (Wildman–Crippen LogP) is 7.85. The molecule has 0 amide bonds. The number of ketones is 1. The lowest BCUT2D eigenvalue weighted by Gasteiger charge is -2.14. The van der Waals surface area contributed by atoms with Crippen LogP contribution in [0.1, 0.15) is 56.3 Å². The van der Waals surface area contributed by atoms with Gasteiger partial charge in [0, 0.05) is 33.6 Å². The number of carbonyl (C=O) groups excluding carboxylic acids is 3. The molecule has 0 atom stereocenters. The molecule has 248 valence electrons. The topological polar surface area (TPSA) is 109 Å². The number of Topliss-reactive ketones (excluding diaryl/α,β-unsaturated/α-hetero) is 1. The van der Waals surface area contributed by atoms with Gasteiger partial charge in [-0.05, 0) is 69.7 Å². The van der Waals surface area contributed by atoms with Crippen molar-refractivity contribution in [3.05, 3.63) is 129 Å². The van der Waals surface area contributed by atoms with E-state index in [9.17, 15) is 19.2 Å². The Labute approximate surface area is 291 Å². The maximum absolute atomic E-state index is 14.2. The van der Waals surface area contributed by atoms with Crippen molar-refractivity contribution in [1.29, 1.82) is 0 Å². The Hall–Kier alpha value is -5.26. The summed E-state index contributed by atoms with van der Waals surface area (Å²) in [6, 6.07) is 25.5. The van der Waals surface area contributed by atoms with Gasteiger partial charge < -0.3 is 14.0 Å². The summed E-state index contributed by atoms with van der Waals surface area (Å²) >= 11 is 2.60. The normalized spacial score (nSPS) is 11.1. The number of esters is 2.